The summed E-state index contributed by atoms with van der Waals surface area (Å²) in [4.78, 5) is 4.01. The summed E-state index contributed by atoms with van der Waals surface area (Å²) in [7, 11) is 0. The smallest absolute Gasteiger partial charge is 0.136 e. The van der Waals surface area contributed by atoms with Crippen molar-refractivity contribution in [2.45, 2.75) is 0 Å². The maximum atomic E-state index is 6.21. The summed E-state index contributed by atoms with van der Waals surface area (Å²) < 4.78 is 12.4. The third kappa shape index (κ3) is 4.15. The molecule has 3 heterocycles. The highest BCUT2D eigenvalue weighted by Crippen LogP contribution is 2.41. The zero-order chi connectivity index (χ0) is 32.8. The van der Waals surface area contributed by atoms with Crippen molar-refractivity contribution in [2.75, 3.05) is 4.90 Å². The van der Waals surface area contributed by atoms with E-state index in [2.05, 4.69) is 114 Å². The lowest BCUT2D eigenvalue weighted by Gasteiger charge is -2.26. The Kier molecular flexibility index (Phi) is 5.57. The minimum absolute atomic E-state index is 0.865. The first-order valence-corrected chi connectivity index (χ1v) is 16.6. The Hall–Kier alpha value is -6.92. The predicted molar refractivity (Wildman–Crippen MR) is 203 cm³/mol. The monoisotopic (exact) mass is 642 g/mol. The standard InChI is InChI=1S/C44H26N4O2/c1-5-11-41-35(7-1)37-23-29-21-33(15-13-27(29)25-43(37)49-41)47(31-17-19-32(20-18-31)48-45-39-9-3-4-10-40(39)46-48)34-16-14-28-26-44-38(24-30(28)22-34)36-8-2-6-12-42(36)50-44/h1-26H. The molecule has 0 aliphatic heterocycles. The first-order valence-electron chi connectivity index (χ1n) is 16.6. The van der Waals surface area contributed by atoms with Gasteiger partial charge in [0.05, 0.1) is 5.69 Å². The van der Waals surface area contributed by atoms with Gasteiger partial charge in [0.1, 0.15) is 33.4 Å². The Morgan fingerprint density at radius 2 is 0.860 bits per heavy atom. The molecule has 0 amide bonds. The number of furan rings is 2. The topological polar surface area (TPSA) is 60.2 Å². The maximum Gasteiger partial charge on any atom is 0.136 e. The largest absolute Gasteiger partial charge is 0.456 e. The van der Waals surface area contributed by atoms with Crippen molar-refractivity contribution in [3.8, 4) is 5.69 Å². The van der Waals surface area contributed by atoms with E-state index in [9.17, 15) is 0 Å². The van der Waals surface area contributed by atoms with Gasteiger partial charge in [0.25, 0.3) is 0 Å². The highest BCUT2D eigenvalue weighted by Gasteiger charge is 2.17. The fourth-order valence-electron chi connectivity index (χ4n) is 7.35. The minimum atomic E-state index is 0.865. The molecule has 0 saturated heterocycles. The summed E-state index contributed by atoms with van der Waals surface area (Å²) in [5, 5.41) is 18.4. The van der Waals surface area contributed by atoms with E-state index in [1.54, 1.807) is 4.80 Å². The van der Waals surface area contributed by atoms with E-state index in [1.165, 1.54) is 0 Å². The summed E-state index contributed by atoms with van der Waals surface area (Å²) in [6, 6.07) is 54.8. The van der Waals surface area contributed by atoms with Crippen LogP contribution in [0.2, 0.25) is 0 Å². The molecule has 0 atom stereocenters. The molecular weight excluding hydrogens is 617 g/mol. The average molecular weight is 643 g/mol. The van der Waals surface area contributed by atoms with Crippen LogP contribution < -0.4 is 4.90 Å². The number of benzene rings is 8. The van der Waals surface area contributed by atoms with Gasteiger partial charge >= 0.3 is 0 Å². The molecule has 11 aromatic rings. The van der Waals surface area contributed by atoms with E-state index in [4.69, 9.17) is 19.0 Å². The molecular formula is C44H26N4O2. The van der Waals surface area contributed by atoms with Gasteiger partial charge in [-0.3, -0.25) is 0 Å². The van der Waals surface area contributed by atoms with Crippen LogP contribution in [-0.4, -0.2) is 15.0 Å². The highest BCUT2D eigenvalue weighted by molar-refractivity contribution is 6.12. The SMILES string of the molecule is c1ccc2nn(-c3ccc(N(c4ccc5cc6oc7ccccc7c6cc5c4)c4ccc5cc6oc7ccccc7c6cc5c4)cc3)nc2c1. The second-order valence-corrected chi connectivity index (χ2v) is 12.8. The Labute approximate surface area is 285 Å². The van der Waals surface area contributed by atoms with Gasteiger partial charge in [0.15, 0.2) is 0 Å². The van der Waals surface area contributed by atoms with E-state index in [0.717, 1.165) is 99.2 Å². The molecule has 0 unspecified atom stereocenters. The Balaban J connectivity index is 1.09. The predicted octanol–water partition coefficient (Wildman–Crippen LogP) is 12.0. The fourth-order valence-corrected chi connectivity index (χ4v) is 7.35. The number of aromatic nitrogens is 3. The molecule has 0 fully saturated rings. The van der Waals surface area contributed by atoms with Gasteiger partial charge in [-0.05, 0) is 119 Å². The van der Waals surface area contributed by atoms with Crippen molar-refractivity contribution in [1.82, 2.24) is 15.0 Å². The van der Waals surface area contributed by atoms with Crippen LogP contribution in [0.3, 0.4) is 0 Å². The number of hydrogen-bond acceptors (Lipinski definition) is 5. The molecule has 0 spiro atoms. The van der Waals surface area contributed by atoms with Gasteiger partial charge in [0.2, 0.25) is 0 Å². The molecule has 3 aromatic heterocycles. The van der Waals surface area contributed by atoms with Gasteiger partial charge in [-0.15, -0.1) is 10.2 Å². The normalized spacial score (nSPS) is 12.0. The van der Waals surface area contributed by atoms with Crippen LogP contribution in [-0.2, 0) is 0 Å². The van der Waals surface area contributed by atoms with Gasteiger partial charge in [-0.2, -0.15) is 4.80 Å². The molecule has 0 N–H and O–H groups in total. The summed E-state index contributed by atoms with van der Waals surface area (Å²) in [5.41, 5.74) is 9.33. The van der Waals surface area contributed by atoms with Crippen LogP contribution >= 0.6 is 0 Å². The first kappa shape index (κ1) is 27.1. The van der Waals surface area contributed by atoms with Crippen molar-refractivity contribution in [1.29, 1.82) is 0 Å². The van der Waals surface area contributed by atoms with Crippen molar-refractivity contribution in [2.24, 2.45) is 0 Å². The van der Waals surface area contributed by atoms with E-state index >= 15 is 0 Å². The number of anilines is 3. The summed E-state index contributed by atoms with van der Waals surface area (Å²) in [6.45, 7) is 0. The van der Waals surface area contributed by atoms with E-state index in [-0.39, 0.29) is 0 Å². The fraction of sp³-hybridized carbons (Fsp3) is 0. The minimum Gasteiger partial charge on any atom is -0.456 e. The van der Waals surface area contributed by atoms with E-state index in [1.807, 2.05) is 48.5 Å². The molecule has 6 nitrogen and oxygen atoms in total. The molecule has 234 valence electrons. The second kappa shape index (κ2) is 10.3. The molecule has 0 aliphatic carbocycles. The van der Waals surface area contributed by atoms with Gasteiger partial charge in [-0.25, -0.2) is 0 Å². The third-order valence-corrected chi connectivity index (χ3v) is 9.78. The molecule has 0 saturated carbocycles. The van der Waals surface area contributed by atoms with Crippen LogP contribution in [0.1, 0.15) is 0 Å². The Morgan fingerprint density at radius 3 is 1.40 bits per heavy atom. The quantitative estimate of drug-likeness (QED) is 0.191. The summed E-state index contributed by atoms with van der Waals surface area (Å²) in [5.74, 6) is 0. The number of nitrogens with zero attached hydrogens (tertiary/aromatic N) is 4. The van der Waals surface area contributed by atoms with Crippen LogP contribution in [0.25, 0.3) is 82.1 Å². The maximum absolute atomic E-state index is 6.21. The lowest BCUT2D eigenvalue weighted by Crippen LogP contribution is -2.10. The van der Waals surface area contributed by atoms with Crippen molar-refractivity contribution >= 4 is 93.5 Å². The Morgan fingerprint density at radius 1 is 0.380 bits per heavy atom. The van der Waals surface area contributed by atoms with Crippen LogP contribution in [0.5, 0.6) is 0 Å². The molecule has 6 heteroatoms. The number of hydrogen-bond donors (Lipinski definition) is 0. The van der Waals surface area contributed by atoms with Crippen molar-refractivity contribution in [3.05, 3.63) is 158 Å². The molecule has 0 bridgehead atoms. The second-order valence-electron chi connectivity index (χ2n) is 12.8. The van der Waals surface area contributed by atoms with E-state index < -0.39 is 0 Å². The number of para-hydroxylation sites is 2. The zero-order valence-corrected chi connectivity index (χ0v) is 26.6. The summed E-state index contributed by atoms with van der Waals surface area (Å²) >= 11 is 0. The van der Waals surface area contributed by atoms with Crippen molar-refractivity contribution in [3.63, 3.8) is 0 Å². The Bertz CT molecular complexity index is 2930. The molecule has 11 rings (SSSR count). The first-order chi connectivity index (χ1) is 24.7. The zero-order valence-electron chi connectivity index (χ0n) is 26.6. The van der Waals surface area contributed by atoms with Gasteiger partial charge < -0.3 is 13.7 Å². The molecule has 50 heavy (non-hydrogen) atoms. The van der Waals surface area contributed by atoms with Crippen LogP contribution in [0.15, 0.2) is 167 Å². The molecule has 8 aromatic carbocycles. The van der Waals surface area contributed by atoms with Crippen molar-refractivity contribution < 1.29 is 8.83 Å². The van der Waals surface area contributed by atoms with Gasteiger partial charge in [0, 0.05) is 38.6 Å². The lowest BCUT2D eigenvalue weighted by atomic mass is 10.0. The third-order valence-electron chi connectivity index (χ3n) is 9.78. The van der Waals surface area contributed by atoms with Gasteiger partial charge in [-0.1, -0.05) is 60.7 Å². The van der Waals surface area contributed by atoms with E-state index in [0.29, 0.717) is 0 Å². The lowest BCUT2D eigenvalue weighted by molar-refractivity contribution is 0.669. The van der Waals surface area contributed by atoms with Crippen LogP contribution in [0, 0.1) is 0 Å². The highest BCUT2D eigenvalue weighted by atomic mass is 16.3. The number of rotatable bonds is 4. The van der Waals surface area contributed by atoms with Crippen LogP contribution in [0.4, 0.5) is 17.1 Å². The number of fused-ring (bicyclic) bond motifs is 9. The summed E-state index contributed by atoms with van der Waals surface area (Å²) in [6.07, 6.45) is 0. The average Bonchev–Trinajstić information content (AvgIpc) is 3.86. The molecule has 0 aliphatic rings. The molecule has 0 radical (unpaired) electrons.